The van der Waals surface area contributed by atoms with Crippen LogP contribution in [0.5, 0.6) is 0 Å². The van der Waals surface area contributed by atoms with Crippen LogP contribution in [0.3, 0.4) is 0 Å². The van der Waals surface area contributed by atoms with Crippen molar-refractivity contribution in [1.29, 1.82) is 0 Å². The van der Waals surface area contributed by atoms with E-state index in [4.69, 9.17) is 0 Å². The van der Waals surface area contributed by atoms with Crippen LogP contribution in [0.2, 0.25) is 0 Å². The maximum Gasteiger partial charge on any atom is 0.243 e. The molecule has 8 heteroatoms. The summed E-state index contributed by atoms with van der Waals surface area (Å²) >= 11 is 0. The number of piperazine rings is 1. The minimum absolute atomic E-state index is 0.372. The van der Waals surface area contributed by atoms with E-state index in [1.165, 1.54) is 12.8 Å². The van der Waals surface area contributed by atoms with Crippen LogP contribution >= 0.6 is 0 Å². The molecule has 2 aliphatic heterocycles. The third kappa shape index (κ3) is 3.84. The van der Waals surface area contributed by atoms with Gasteiger partial charge in [0.2, 0.25) is 10.0 Å². The van der Waals surface area contributed by atoms with Crippen LogP contribution < -0.4 is 9.80 Å². The van der Waals surface area contributed by atoms with Crippen LogP contribution in [0.1, 0.15) is 25.3 Å². The first-order valence-electron chi connectivity index (χ1n) is 9.99. The van der Waals surface area contributed by atoms with Crippen LogP contribution in [0.25, 0.3) is 0 Å². The number of aryl methyl sites for hydroxylation is 1. The zero-order chi connectivity index (χ0) is 19.6. The molecule has 0 spiro atoms. The Morgan fingerprint density at radius 1 is 0.857 bits per heavy atom. The predicted octanol–water partition coefficient (Wildman–Crippen LogP) is 2.15. The van der Waals surface area contributed by atoms with Crippen molar-refractivity contribution in [2.45, 2.75) is 31.1 Å². The Hall–Kier alpha value is -2.19. The molecule has 0 amide bonds. The average Bonchev–Trinajstić information content (AvgIpc) is 3.29. The highest BCUT2D eigenvalue weighted by molar-refractivity contribution is 7.89. The minimum Gasteiger partial charge on any atom is -0.356 e. The largest absolute Gasteiger partial charge is 0.356 e. The normalized spacial score (nSPS) is 18.6. The first kappa shape index (κ1) is 19.1. The Labute approximate surface area is 167 Å². The topological polar surface area (TPSA) is 69.6 Å². The second kappa shape index (κ2) is 8.05. The lowest BCUT2D eigenvalue weighted by Crippen LogP contribution is -2.49. The fourth-order valence-corrected chi connectivity index (χ4v) is 5.26. The molecule has 7 nitrogen and oxygen atoms in total. The zero-order valence-electron chi connectivity index (χ0n) is 16.3. The van der Waals surface area contributed by atoms with E-state index >= 15 is 0 Å². The SMILES string of the molecule is CCc1ccc(S(=O)(=O)N2CCN(c3cc(N4CCCC4)ncn3)CC2)cc1. The summed E-state index contributed by atoms with van der Waals surface area (Å²) in [6.07, 6.45) is 4.92. The molecule has 2 fully saturated rings. The van der Waals surface area contributed by atoms with Crippen molar-refractivity contribution < 1.29 is 8.42 Å². The molecule has 4 rings (SSSR count). The molecule has 0 radical (unpaired) electrons. The molecule has 1 aromatic carbocycles. The number of hydrogen-bond donors (Lipinski definition) is 0. The first-order valence-corrected chi connectivity index (χ1v) is 11.4. The summed E-state index contributed by atoms with van der Waals surface area (Å²) in [7, 11) is -3.45. The second-order valence-corrected chi connectivity index (χ2v) is 9.26. The van der Waals surface area contributed by atoms with Gasteiger partial charge in [-0.15, -0.1) is 0 Å². The standard InChI is InChI=1S/C20H27N5O2S/c1-2-17-5-7-18(8-6-17)28(26,27)25-13-11-24(12-14-25)20-15-19(21-16-22-20)23-9-3-4-10-23/h5-8,15-16H,2-4,9-14H2,1H3. The molecule has 0 bridgehead atoms. The third-order valence-electron chi connectivity index (χ3n) is 5.60. The van der Waals surface area contributed by atoms with Crippen molar-refractivity contribution in [3.05, 3.63) is 42.2 Å². The van der Waals surface area contributed by atoms with Crippen molar-refractivity contribution in [2.75, 3.05) is 49.1 Å². The van der Waals surface area contributed by atoms with Gasteiger partial charge in [-0.25, -0.2) is 18.4 Å². The molecule has 0 unspecified atom stereocenters. The number of rotatable bonds is 5. The van der Waals surface area contributed by atoms with Gasteiger partial charge in [0, 0.05) is 45.3 Å². The summed E-state index contributed by atoms with van der Waals surface area (Å²) in [4.78, 5) is 13.6. The maximum absolute atomic E-state index is 12.9. The lowest BCUT2D eigenvalue weighted by Gasteiger charge is -2.35. The van der Waals surface area contributed by atoms with E-state index in [2.05, 4.69) is 26.7 Å². The van der Waals surface area contributed by atoms with E-state index < -0.39 is 10.0 Å². The number of anilines is 2. The number of benzene rings is 1. The molecule has 2 aliphatic rings. The Morgan fingerprint density at radius 2 is 1.43 bits per heavy atom. The molecule has 2 saturated heterocycles. The van der Waals surface area contributed by atoms with Gasteiger partial charge in [0.15, 0.2) is 0 Å². The summed E-state index contributed by atoms with van der Waals surface area (Å²) in [5.41, 5.74) is 1.14. The molecule has 2 aromatic rings. The van der Waals surface area contributed by atoms with Crippen LogP contribution in [0.15, 0.2) is 41.6 Å². The zero-order valence-corrected chi connectivity index (χ0v) is 17.1. The highest BCUT2D eigenvalue weighted by Gasteiger charge is 2.29. The van der Waals surface area contributed by atoms with Gasteiger partial charge in [-0.05, 0) is 37.0 Å². The Balaban J connectivity index is 1.43. The number of nitrogens with zero attached hydrogens (tertiary/aromatic N) is 5. The van der Waals surface area contributed by atoms with Crippen LogP contribution in [-0.4, -0.2) is 62.0 Å². The van der Waals surface area contributed by atoms with E-state index in [9.17, 15) is 8.42 Å². The monoisotopic (exact) mass is 401 g/mol. The number of sulfonamides is 1. The van der Waals surface area contributed by atoms with Crippen LogP contribution in [0.4, 0.5) is 11.6 Å². The van der Waals surface area contributed by atoms with E-state index in [-0.39, 0.29) is 0 Å². The molecule has 1 aromatic heterocycles. The molecule has 150 valence electrons. The summed E-state index contributed by atoms with van der Waals surface area (Å²) in [6, 6.07) is 9.24. The molecular weight excluding hydrogens is 374 g/mol. The lowest BCUT2D eigenvalue weighted by molar-refractivity contribution is 0.383. The van der Waals surface area contributed by atoms with E-state index in [0.29, 0.717) is 31.1 Å². The van der Waals surface area contributed by atoms with Crippen molar-refractivity contribution >= 4 is 21.7 Å². The molecule has 3 heterocycles. The molecule has 28 heavy (non-hydrogen) atoms. The third-order valence-corrected chi connectivity index (χ3v) is 7.51. The van der Waals surface area contributed by atoms with E-state index in [1.54, 1.807) is 22.8 Å². The molecule has 0 N–H and O–H groups in total. The van der Waals surface area contributed by atoms with Gasteiger partial charge in [-0.1, -0.05) is 19.1 Å². The fraction of sp³-hybridized carbons (Fsp3) is 0.500. The predicted molar refractivity (Wildman–Crippen MR) is 110 cm³/mol. The Kier molecular flexibility index (Phi) is 5.50. The van der Waals surface area contributed by atoms with E-state index in [1.807, 2.05) is 18.2 Å². The van der Waals surface area contributed by atoms with Crippen molar-refractivity contribution in [3.63, 3.8) is 0 Å². The van der Waals surface area contributed by atoms with Crippen molar-refractivity contribution in [3.8, 4) is 0 Å². The summed E-state index contributed by atoms with van der Waals surface area (Å²) in [5, 5.41) is 0. The fourth-order valence-electron chi connectivity index (χ4n) is 3.83. The van der Waals surface area contributed by atoms with Gasteiger partial charge in [0.25, 0.3) is 0 Å². The highest BCUT2D eigenvalue weighted by Crippen LogP contribution is 2.24. The summed E-state index contributed by atoms with van der Waals surface area (Å²) in [6.45, 7) is 6.32. The van der Waals surface area contributed by atoms with Gasteiger partial charge >= 0.3 is 0 Å². The first-order chi connectivity index (χ1) is 13.6. The number of hydrogen-bond acceptors (Lipinski definition) is 6. The molecule has 0 aliphatic carbocycles. The van der Waals surface area contributed by atoms with Gasteiger partial charge in [0.1, 0.15) is 18.0 Å². The minimum atomic E-state index is -3.45. The van der Waals surface area contributed by atoms with Gasteiger partial charge in [-0.3, -0.25) is 0 Å². The van der Waals surface area contributed by atoms with Crippen LogP contribution in [0, 0.1) is 0 Å². The molecule has 0 saturated carbocycles. The van der Waals surface area contributed by atoms with E-state index in [0.717, 1.165) is 36.7 Å². The molecule has 0 atom stereocenters. The highest BCUT2D eigenvalue weighted by atomic mass is 32.2. The van der Waals surface area contributed by atoms with Gasteiger partial charge in [0.05, 0.1) is 4.90 Å². The summed E-state index contributed by atoms with van der Waals surface area (Å²) < 4.78 is 27.4. The van der Waals surface area contributed by atoms with Crippen LogP contribution in [-0.2, 0) is 16.4 Å². The summed E-state index contributed by atoms with van der Waals surface area (Å²) in [5.74, 6) is 1.84. The van der Waals surface area contributed by atoms with Crippen molar-refractivity contribution in [2.24, 2.45) is 0 Å². The van der Waals surface area contributed by atoms with Crippen molar-refractivity contribution in [1.82, 2.24) is 14.3 Å². The van der Waals surface area contributed by atoms with Gasteiger partial charge in [-0.2, -0.15) is 4.31 Å². The van der Waals surface area contributed by atoms with Gasteiger partial charge < -0.3 is 9.80 Å². The average molecular weight is 402 g/mol. The number of aromatic nitrogens is 2. The molecular formula is C20H27N5O2S. The Morgan fingerprint density at radius 3 is 2.00 bits per heavy atom. The lowest BCUT2D eigenvalue weighted by atomic mass is 10.2. The maximum atomic E-state index is 12.9. The second-order valence-electron chi connectivity index (χ2n) is 7.32. The smallest absolute Gasteiger partial charge is 0.243 e. The Bertz CT molecular complexity index is 902. The quantitative estimate of drug-likeness (QED) is 0.765.